The zero-order valence-electron chi connectivity index (χ0n) is 13.2. The second-order valence-corrected chi connectivity index (χ2v) is 7.42. The molecule has 1 aliphatic rings. The molecule has 4 rings (SSSR count). The third-order valence-electron chi connectivity index (χ3n) is 4.08. The van der Waals surface area contributed by atoms with Gasteiger partial charge in [-0.3, -0.25) is 0 Å². The van der Waals surface area contributed by atoms with Gasteiger partial charge in [-0.1, -0.05) is 48.0 Å². The monoisotopic (exact) mass is 367 g/mol. The van der Waals surface area contributed by atoms with Crippen LogP contribution in [0.2, 0.25) is 5.02 Å². The summed E-state index contributed by atoms with van der Waals surface area (Å²) in [6.45, 7) is 0. The third-order valence-corrected chi connectivity index (χ3v) is 5.61. The number of hydrogen-bond acceptors (Lipinski definition) is 2. The highest BCUT2D eigenvalue weighted by Crippen LogP contribution is 2.44. The number of fused-ring (bicyclic) bond motifs is 1. The van der Waals surface area contributed by atoms with E-state index in [1.807, 2.05) is 48.5 Å². The van der Waals surface area contributed by atoms with Crippen LogP contribution in [-0.4, -0.2) is 0 Å². The molecule has 0 fully saturated rings. The van der Waals surface area contributed by atoms with Crippen molar-refractivity contribution in [3.8, 4) is 0 Å². The Balaban J connectivity index is 1.80. The number of anilines is 1. The largest absolute Gasteiger partial charge is 0.354 e. The molecule has 0 amide bonds. The smallest absolute Gasteiger partial charge is 0.123 e. The number of nitrogens with one attached hydrogen (secondary N) is 1. The Morgan fingerprint density at radius 3 is 2.36 bits per heavy atom. The Bertz CT molecular complexity index is 919. The average Bonchev–Trinajstić information content (AvgIpc) is 2.82. The summed E-state index contributed by atoms with van der Waals surface area (Å²) in [4.78, 5) is 1.16. The molecule has 1 atom stereocenters. The van der Waals surface area contributed by atoms with E-state index in [1.165, 1.54) is 12.1 Å². The van der Waals surface area contributed by atoms with E-state index in [4.69, 9.17) is 11.6 Å². The molecule has 25 heavy (non-hydrogen) atoms. The van der Waals surface area contributed by atoms with Crippen molar-refractivity contribution in [1.29, 1.82) is 0 Å². The minimum Gasteiger partial charge on any atom is -0.354 e. The van der Waals surface area contributed by atoms with Crippen molar-refractivity contribution >= 4 is 34.7 Å². The van der Waals surface area contributed by atoms with Crippen molar-refractivity contribution < 1.29 is 4.39 Å². The van der Waals surface area contributed by atoms with Crippen LogP contribution in [-0.2, 0) is 0 Å². The summed E-state index contributed by atoms with van der Waals surface area (Å²) < 4.78 is 13.3. The molecule has 0 aromatic heterocycles. The van der Waals surface area contributed by atoms with E-state index in [0.717, 1.165) is 27.4 Å². The van der Waals surface area contributed by atoms with Crippen LogP contribution in [0.1, 0.15) is 16.4 Å². The third kappa shape index (κ3) is 3.58. The van der Waals surface area contributed by atoms with Crippen molar-refractivity contribution in [2.45, 2.75) is 10.1 Å². The molecule has 0 saturated carbocycles. The van der Waals surface area contributed by atoms with Gasteiger partial charge >= 0.3 is 0 Å². The Morgan fingerprint density at radius 2 is 1.60 bits per heavy atom. The molecule has 0 spiro atoms. The molecule has 0 radical (unpaired) electrons. The standard InChI is InChI=1S/C21H15ClFNS/c22-16-9-5-14(6-10-16)19-13-21(15-7-11-17(23)12-8-15)25-20-4-2-1-3-18(20)24-19/h1-13,21,24H/t21-/m0/s1. The molecule has 1 heterocycles. The number of benzene rings is 3. The van der Waals surface area contributed by atoms with Crippen LogP contribution in [0.3, 0.4) is 0 Å². The highest BCUT2D eigenvalue weighted by atomic mass is 35.5. The van der Waals surface area contributed by atoms with E-state index in [2.05, 4.69) is 23.5 Å². The molecule has 4 heteroatoms. The normalized spacial score (nSPS) is 16.4. The zero-order chi connectivity index (χ0) is 17.2. The Hall–Kier alpha value is -2.23. The van der Waals surface area contributed by atoms with Crippen molar-refractivity contribution in [3.63, 3.8) is 0 Å². The molecule has 0 unspecified atom stereocenters. The molecule has 0 saturated heterocycles. The molecule has 3 aromatic carbocycles. The maximum atomic E-state index is 13.3. The van der Waals surface area contributed by atoms with Gasteiger partial charge in [0.15, 0.2) is 0 Å². The maximum Gasteiger partial charge on any atom is 0.123 e. The molecule has 124 valence electrons. The molecule has 0 aliphatic carbocycles. The first-order chi connectivity index (χ1) is 12.2. The van der Waals surface area contributed by atoms with E-state index in [0.29, 0.717) is 5.02 Å². The van der Waals surface area contributed by atoms with Crippen LogP contribution in [0.25, 0.3) is 5.70 Å². The molecule has 1 nitrogen and oxygen atoms in total. The summed E-state index contributed by atoms with van der Waals surface area (Å²) >= 11 is 7.77. The van der Waals surface area contributed by atoms with Gasteiger partial charge in [-0.15, -0.1) is 11.8 Å². The number of para-hydroxylation sites is 1. The number of halogens is 2. The first-order valence-electron chi connectivity index (χ1n) is 7.95. The molecule has 1 aliphatic heterocycles. The van der Waals surface area contributed by atoms with E-state index in [1.54, 1.807) is 11.8 Å². The Morgan fingerprint density at radius 1 is 0.880 bits per heavy atom. The minimum atomic E-state index is -0.220. The van der Waals surface area contributed by atoms with Gasteiger partial charge in [0.25, 0.3) is 0 Å². The predicted octanol–water partition coefficient (Wildman–Crippen LogP) is 6.78. The van der Waals surface area contributed by atoms with Crippen molar-refractivity contribution in [2.75, 3.05) is 5.32 Å². The van der Waals surface area contributed by atoms with Gasteiger partial charge in [-0.2, -0.15) is 0 Å². The van der Waals surface area contributed by atoms with Gasteiger partial charge < -0.3 is 5.32 Å². The van der Waals surface area contributed by atoms with E-state index < -0.39 is 0 Å². The summed E-state index contributed by atoms with van der Waals surface area (Å²) in [5, 5.41) is 4.33. The van der Waals surface area contributed by atoms with E-state index in [-0.39, 0.29) is 11.1 Å². The summed E-state index contributed by atoms with van der Waals surface area (Å²) in [5.41, 5.74) is 4.21. The van der Waals surface area contributed by atoms with Crippen LogP contribution < -0.4 is 5.32 Å². The van der Waals surface area contributed by atoms with Crippen molar-refractivity contribution in [1.82, 2.24) is 0 Å². The molecule has 3 aromatic rings. The highest BCUT2D eigenvalue weighted by Gasteiger charge is 2.19. The van der Waals surface area contributed by atoms with Crippen molar-refractivity contribution in [2.24, 2.45) is 0 Å². The van der Waals surface area contributed by atoms with Crippen LogP contribution in [0.4, 0.5) is 10.1 Å². The Labute approximate surface area is 155 Å². The van der Waals surface area contributed by atoms with E-state index >= 15 is 0 Å². The van der Waals surface area contributed by atoms with Gasteiger partial charge in [0.05, 0.1) is 10.9 Å². The topological polar surface area (TPSA) is 12.0 Å². The molecule has 0 bridgehead atoms. The Kier molecular flexibility index (Phi) is 4.51. The second kappa shape index (κ2) is 6.95. The lowest BCUT2D eigenvalue weighted by molar-refractivity contribution is 0.627. The molecular formula is C21H15ClFNS. The van der Waals surface area contributed by atoms with Crippen LogP contribution >= 0.6 is 23.4 Å². The quantitative estimate of drug-likeness (QED) is 0.535. The van der Waals surface area contributed by atoms with Crippen LogP contribution in [0, 0.1) is 5.82 Å². The average molecular weight is 368 g/mol. The SMILES string of the molecule is Fc1ccc([C@@H]2C=C(c3ccc(Cl)cc3)Nc3ccccc3S2)cc1. The van der Waals surface area contributed by atoms with E-state index in [9.17, 15) is 4.39 Å². The second-order valence-electron chi connectivity index (χ2n) is 5.80. The summed E-state index contributed by atoms with van der Waals surface area (Å²) in [5.74, 6) is -0.220. The molecule has 1 N–H and O–H groups in total. The van der Waals surface area contributed by atoms with Crippen LogP contribution in [0.15, 0.2) is 83.8 Å². The lowest BCUT2D eigenvalue weighted by Gasteiger charge is -2.12. The fourth-order valence-corrected chi connectivity index (χ4v) is 4.10. The first kappa shape index (κ1) is 16.2. The maximum absolute atomic E-state index is 13.3. The van der Waals surface area contributed by atoms with Gasteiger partial charge in [0, 0.05) is 15.6 Å². The highest BCUT2D eigenvalue weighted by molar-refractivity contribution is 7.99. The van der Waals surface area contributed by atoms with Crippen molar-refractivity contribution in [3.05, 3.63) is 101 Å². The van der Waals surface area contributed by atoms with Gasteiger partial charge in [0.2, 0.25) is 0 Å². The zero-order valence-corrected chi connectivity index (χ0v) is 14.8. The fraction of sp³-hybridized carbons (Fsp3) is 0.0476. The first-order valence-corrected chi connectivity index (χ1v) is 9.21. The summed E-state index contributed by atoms with van der Waals surface area (Å²) in [6, 6.07) is 22.7. The van der Waals surface area contributed by atoms with Gasteiger partial charge in [0.1, 0.15) is 5.82 Å². The number of hydrogen-bond donors (Lipinski definition) is 1. The summed E-state index contributed by atoms with van der Waals surface area (Å²) in [6.07, 6.45) is 2.18. The number of rotatable bonds is 2. The predicted molar refractivity (Wildman–Crippen MR) is 104 cm³/mol. The fourth-order valence-electron chi connectivity index (χ4n) is 2.80. The summed E-state index contributed by atoms with van der Waals surface area (Å²) in [7, 11) is 0. The minimum absolute atomic E-state index is 0.0856. The lowest BCUT2D eigenvalue weighted by atomic mass is 10.1. The van der Waals surface area contributed by atoms with Gasteiger partial charge in [-0.25, -0.2) is 4.39 Å². The number of thioether (sulfide) groups is 1. The molecular weight excluding hydrogens is 353 g/mol. The van der Waals surface area contributed by atoms with Gasteiger partial charge in [-0.05, 0) is 53.6 Å². The van der Waals surface area contributed by atoms with Crippen LogP contribution in [0.5, 0.6) is 0 Å². The lowest BCUT2D eigenvalue weighted by Crippen LogP contribution is -1.99.